The van der Waals surface area contributed by atoms with Crippen molar-refractivity contribution in [2.24, 2.45) is 7.05 Å². The lowest BCUT2D eigenvalue weighted by Gasteiger charge is -2.16. The van der Waals surface area contributed by atoms with Crippen LogP contribution in [0.4, 0.5) is 0 Å². The second-order valence-electron chi connectivity index (χ2n) is 8.36. The molecule has 0 spiro atoms. The number of nitrogens with zero attached hydrogens (tertiary/aromatic N) is 1. The molecule has 0 bridgehead atoms. The highest BCUT2D eigenvalue weighted by atomic mass is 14.9. The highest BCUT2D eigenvalue weighted by molar-refractivity contribution is 5.92. The largest absolute Gasteiger partial charge is 0.344 e. The van der Waals surface area contributed by atoms with E-state index in [2.05, 4.69) is 86.6 Å². The molecule has 1 heterocycles. The quantitative estimate of drug-likeness (QED) is 0.460. The van der Waals surface area contributed by atoms with Gasteiger partial charge in [-0.3, -0.25) is 0 Å². The van der Waals surface area contributed by atoms with E-state index in [4.69, 9.17) is 0 Å². The summed E-state index contributed by atoms with van der Waals surface area (Å²) in [7, 11) is 2.16. The van der Waals surface area contributed by atoms with E-state index in [9.17, 15) is 0 Å². The average molecular weight is 390 g/mol. The highest BCUT2D eigenvalue weighted by Crippen LogP contribution is 2.29. The smallest absolute Gasteiger partial charge is 0.0523 e. The van der Waals surface area contributed by atoms with E-state index in [0.29, 0.717) is 0 Å². The molecule has 0 fully saturated rings. The molecule has 0 aliphatic rings. The van der Waals surface area contributed by atoms with Gasteiger partial charge in [0, 0.05) is 23.0 Å². The van der Waals surface area contributed by atoms with Gasteiger partial charge in [0.25, 0.3) is 0 Å². The van der Waals surface area contributed by atoms with Crippen molar-refractivity contribution in [3.63, 3.8) is 0 Å². The number of rotatable bonds is 1. The Balaban J connectivity index is 0.00000145. The molecular formula is C28H39N. The third-order valence-electron chi connectivity index (χ3n) is 7.04. The van der Waals surface area contributed by atoms with Crippen LogP contribution in [0.3, 0.4) is 0 Å². The van der Waals surface area contributed by atoms with Crippen molar-refractivity contribution in [1.29, 1.82) is 0 Å². The maximum absolute atomic E-state index is 4.49. The topological polar surface area (TPSA) is 4.93 Å². The summed E-state index contributed by atoms with van der Waals surface area (Å²) in [6.45, 7) is 28.7. The molecule has 156 valence electrons. The number of hydrogen-bond acceptors (Lipinski definition) is 0. The van der Waals surface area contributed by atoms with Gasteiger partial charge in [0.2, 0.25) is 0 Å². The molecule has 0 radical (unpaired) electrons. The maximum Gasteiger partial charge on any atom is 0.0523 e. The van der Waals surface area contributed by atoms with Crippen molar-refractivity contribution in [1.82, 2.24) is 4.57 Å². The van der Waals surface area contributed by atoms with E-state index in [1.807, 2.05) is 13.8 Å². The van der Waals surface area contributed by atoms with Gasteiger partial charge in [-0.1, -0.05) is 26.5 Å². The maximum atomic E-state index is 4.49. The van der Waals surface area contributed by atoms with Crippen LogP contribution in [0.25, 0.3) is 23.1 Å². The molecule has 0 unspecified atom stereocenters. The molecule has 3 aromatic rings. The van der Waals surface area contributed by atoms with E-state index in [0.717, 1.165) is 5.35 Å². The number of aryl methyl sites for hydroxylation is 5. The summed E-state index contributed by atoms with van der Waals surface area (Å²) in [4.78, 5) is 0. The van der Waals surface area contributed by atoms with Crippen LogP contribution in [0.15, 0.2) is 6.07 Å². The SMILES string of the molecule is C=c1c(=C(C)c2c(C)cc(C)c(C)c2C)c2c(C)c(C)c(C)c(C)c2n1C.CC. The van der Waals surface area contributed by atoms with Gasteiger partial charge in [-0.25, -0.2) is 0 Å². The van der Waals surface area contributed by atoms with Crippen LogP contribution >= 0.6 is 0 Å². The van der Waals surface area contributed by atoms with Crippen molar-refractivity contribution in [3.8, 4) is 0 Å². The van der Waals surface area contributed by atoms with Crippen LogP contribution in [-0.2, 0) is 7.05 Å². The molecular weight excluding hydrogens is 350 g/mol. The summed E-state index contributed by atoms with van der Waals surface area (Å²) in [6, 6.07) is 2.32. The fourth-order valence-corrected chi connectivity index (χ4v) is 4.85. The van der Waals surface area contributed by atoms with Gasteiger partial charge in [0.05, 0.1) is 5.52 Å². The predicted octanol–water partition coefficient (Wildman–Crippen LogP) is 6.30. The zero-order valence-electron chi connectivity index (χ0n) is 20.7. The molecule has 0 amide bonds. The van der Waals surface area contributed by atoms with Crippen LogP contribution in [0.1, 0.15) is 70.8 Å². The van der Waals surface area contributed by atoms with Crippen LogP contribution in [0.2, 0.25) is 0 Å². The third-order valence-corrected chi connectivity index (χ3v) is 7.04. The van der Waals surface area contributed by atoms with Crippen molar-refractivity contribution in [2.45, 2.75) is 76.2 Å². The fourth-order valence-electron chi connectivity index (χ4n) is 4.85. The highest BCUT2D eigenvalue weighted by Gasteiger charge is 2.18. The second-order valence-corrected chi connectivity index (χ2v) is 8.36. The van der Waals surface area contributed by atoms with Gasteiger partial charge >= 0.3 is 0 Å². The molecule has 29 heavy (non-hydrogen) atoms. The van der Waals surface area contributed by atoms with Crippen molar-refractivity contribution < 1.29 is 0 Å². The molecule has 0 N–H and O–H groups in total. The van der Waals surface area contributed by atoms with E-state index < -0.39 is 0 Å². The Morgan fingerprint density at radius 2 is 1.24 bits per heavy atom. The molecule has 0 aliphatic heterocycles. The average Bonchev–Trinajstić information content (AvgIpc) is 2.95. The zero-order valence-corrected chi connectivity index (χ0v) is 20.7. The van der Waals surface area contributed by atoms with Gasteiger partial charge in [0.15, 0.2) is 0 Å². The van der Waals surface area contributed by atoms with E-state index in [1.54, 1.807) is 0 Å². The molecule has 3 rings (SSSR count). The molecule has 1 nitrogen and oxygen atoms in total. The van der Waals surface area contributed by atoms with Crippen LogP contribution < -0.4 is 10.6 Å². The monoisotopic (exact) mass is 389 g/mol. The summed E-state index contributed by atoms with van der Waals surface area (Å²) < 4.78 is 2.29. The Kier molecular flexibility index (Phi) is 6.52. The Labute approximate surface area is 177 Å². The summed E-state index contributed by atoms with van der Waals surface area (Å²) in [5.74, 6) is 0. The summed E-state index contributed by atoms with van der Waals surface area (Å²) >= 11 is 0. The predicted molar refractivity (Wildman–Crippen MR) is 132 cm³/mol. The lowest BCUT2D eigenvalue weighted by molar-refractivity contribution is 0.921. The Bertz CT molecular complexity index is 1220. The minimum atomic E-state index is 1.11. The molecule has 0 aliphatic carbocycles. The first-order valence-electron chi connectivity index (χ1n) is 10.8. The number of fused-ring (bicyclic) bond motifs is 1. The Hall–Kier alpha value is -2.28. The summed E-state index contributed by atoms with van der Waals surface area (Å²) in [6.07, 6.45) is 0. The van der Waals surface area contributed by atoms with Crippen molar-refractivity contribution >= 4 is 23.1 Å². The van der Waals surface area contributed by atoms with E-state index >= 15 is 0 Å². The molecule has 0 saturated carbocycles. The van der Waals surface area contributed by atoms with Gasteiger partial charge in [-0.15, -0.1) is 0 Å². The third kappa shape index (κ3) is 3.35. The van der Waals surface area contributed by atoms with Gasteiger partial charge < -0.3 is 4.57 Å². The van der Waals surface area contributed by atoms with Crippen LogP contribution in [0.5, 0.6) is 0 Å². The van der Waals surface area contributed by atoms with Gasteiger partial charge in [-0.05, 0) is 118 Å². The molecule has 0 saturated heterocycles. The molecule has 2 aromatic carbocycles. The zero-order chi connectivity index (χ0) is 22.4. The minimum Gasteiger partial charge on any atom is -0.344 e. The Morgan fingerprint density at radius 1 is 0.724 bits per heavy atom. The molecule has 0 atom stereocenters. The first-order valence-corrected chi connectivity index (χ1v) is 10.8. The van der Waals surface area contributed by atoms with Crippen molar-refractivity contribution in [3.05, 3.63) is 66.7 Å². The van der Waals surface area contributed by atoms with Gasteiger partial charge in [-0.2, -0.15) is 0 Å². The normalized spacial score (nSPS) is 12.1. The first kappa shape index (κ1) is 23.0. The lowest BCUT2D eigenvalue weighted by Crippen LogP contribution is -2.28. The number of aromatic nitrogens is 1. The van der Waals surface area contributed by atoms with Crippen LogP contribution in [-0.4, -0.2) is 4.57 Å². The lowest BCUT2D eigenvalue weighted by atomic mass is 9.88. The summed E-state index contributed by atoms with van der Waals surface area (Å²) in [5.41, 5.74) is 15.1. The Morgan fingerprint density at radius 3 is 1.79 bits per heavy atom. The van der Waals surface area contributed by atoms with E-state index in [-0.39, 0.29) is 0 Å². The number of benzene rings is 2. The van der Waals surface area contributed by atoms with Crippen molar-refractivity contribution in [2.75, 3.05) is 0 Å². The van der Waals surface area contributed by atoms with Gasteiger partial charge in [0.1, 0.15) is 0 Å². The number of hydrogen-bond donors (Lipinski definition) is 0. The first-order chi connectivity index (χ1) is 13.5. The summed E-state index contributed by atoms with van der Waals surface area (Å²) in [5, 5.41) is 3.79. The van der Waals surface area contributed by atoms with Crippen LogP contribution in [0, 0.1) is 55.4 Å². The fraction of sp³-hybridized carbons (Fsp3) is 0.429. The second kappa shape index (κ2) is 8.22. The standard InChI is InChI=1S/C26H33N.C2H6/c1-13-12-14(2)23(18(6)15(13)3)21(9)24-22(10)27(11)26-20(8)17(5)16(4)19(7)25(24)26;1-2/h12H,10H2,1-9,11H3;1-2H3. The molecule has 1 aromatic heterocycles. The van der Waals surface area contributed by atoms with E-state index in [1.165, 1.54) is 71.8 Å². The molecule has 1 heteroatoms. The minimum absolute atomic E-state index is 1.11.